The Kier molecular flexibility index (Phi) is 2.51. The highest BCUT2D eigenvalue weighted by molar-refractivity contribution is 6.31. The van der Waals surface area contributed by atoms with E-state index >= 15 is 0 Å². The molecule has 15 heavy (non-hydrogen) atoms. The summed E-state index contributed by atoms with van der Waals surface area (Å²) in [5, 5.41) is 4.36. The van der Waals surface area contributed by atoms with Crippen molar-refractivity contribution in [1.29, 1.82) is 0 Å². The van der Waals surface area contributed by atoms with Gasteiger partial charge in [-0.2, -0.15) is 0 Å². The number of benzene rings is 1. The minimum absolute atomic E-state index is 0.268. The van der Waals surface area contributed by atoms with Crippen LogP contribution >= 0.6 is 11.6 Å². The van der Waals surface area contributed by atoms with Crippen molar-refractivity contribution in [1.82, 2.24) is 5.16 Å². The molecule has 0 saturated carbocycles. The average Bonchev–Trinajstić information content (AvgIpc) is 2.64. The quantitative estimate of drug-likeness (QED) is 0.852. The van der Waals surface area contributed by atoms with Gasteiger partial charge < -0.3 is 15.0 Å². The lowest BCUT2D eigenvalue weighted by Crippen LogP contribution is -1.84. The molecule has 1 aromatic heterocycles. The van der Waals surface area contributed by atoms with Crippen molar-refractivity contribution >= 4 is 17.5 Å². The maximum atomic E-state index is 5.92. The number of ether oxygens (including phenoxy) is 1. The van der Waals surface area contributed by atoms with Gasteiger partial charge in [0.15, 0.2) is 0 Å². The number of nitrogens with zero attached hydrogens (tertiary/aromatic N) is 1. The zero-order chi connectivity index (χ0) is 10.8. The standard InChI is InChI=1S/C10H9ClN2O2/c1-14-8-3-6(2-7(11)4-8)9-5-10(12)15-13-9/h2-5H,12H2,1H3. The van der Waals surface area contributed by atoms with Gasteiger partial charge in [0.2, 0.25) is 5.88 Å². The summed E-state index contributed by atoms with van der Waals surface area (Å²) in [5.74, 6) is 0.933. The summed E-state index contributed by atoms with van der Waals surface area (Å²) in [6.07, 6.45) is 0. The second-order valence-corrected chi connectivity index (χ2v) is 3.43. The molecule has 0 saturated heterocycles. The molecule has 0 fully saturated rings. The van der Waals surface area contributed by atoms with E-state index in [0.29, 0.717) is 16.5 Å². The molecule has 1 heterocycles. The number of methoxy groups -OCH3 is 1. The monoisotopic (exact) mass is 224 g/mol. The Bertz CT molecular complexity index is 482. The predicted octanol–water partition coefficient (Wildman–Crippen LogP) is 2.59. The van der Waals surface area contributed by atoms with E-state index in [0.717, 1.165) is 5.56 Å². The highest BCUT2D eigenvalue weighted by Gasteiger charge is 2.07. The fourth-order valence-corrected chi connectivity index (χ4v) is 1.48. The molecule has 0 spiro atoms. The van der Waals surface area contributed by atoms with Crippen molar-refractivity contribution in [2.45, 2.75) is 0 Å². The number of rotatable bonds is 2. The average molecular weight is 225 g/mol. The highest BCUT2D eigenvalue weighted by atomic mass is 35.5. The second-order valence-electron chi connectivity index (χ2n) is 2.99. The van der Waals surface area contributed by atoms with Gasteiger partial charge in [-0.05, 0) is 18.2 Å². The largest absolute Gasteiger partial charge is 0.497 e. The number of halogens is 1. The van der Waals surface area contributed by atoms with Gasteiger partial charge in [-0.25, -0.2) is 0 Å². The van der Waals surface area contributed by atoms with Crippen LogP contribution in [0.15, 0.2) is 28.8 Å². The number of nitrogens with two attached hydrogens (primary N) is 1. The first-order valence-electron chi connectivity index (χ1n) is 4.26. The predicted molar refractivity (Wildman–Crippen MR) is 57.9 cm³/mol. The van der Waals surface area contributed by atoms with Crippen LogP contribution in [0, 0.1) is 0 Å². The summed E-state index contributed by atoms with van der Waals surface area (Å²) in [5.41, 5.74) is 6.87. The Balaban J connectivity index is 2.48. The van der Waals surface area contributed by atoms with E-state index in [2.05, 4.69) is 5.16 Å². The number of anilines is 1. The van der Waals surface area contributed by atoms with Crippen LogP contribution in [0.1, 0.15) is 0 Å². The van der Waals surface area contributed by atoms with Crippen molar-refractivity contribution in [2.24, 2.45) is 0 Å². The number of aromatic nitrogens is 1. The van der Waals surface area contributed by atoms with Gasteiger partial charge in [0.1, 0.15) is 11.4 Å². The lowest BCUT2D eigenvalue weighted by atomic mass is 10.1. The van der Waals surface area contributed by atoms with E-state index in [-0.39, 0.29) is 5.88 Å². The molecule has 5 heteroatoms. The van der Waals surface area contributed by atoms with E-state index in [9.17, 15) is 0 Å². The van der Waals surface area contributed by atoms with Crippen LogP contribution in [0.2, 0.25) is 5.02 Å². The molecule has 2 N–H and O–H groups in total. The van der Waals surface area contributed by atoms with Crippen LogP contribution in [0.5, 0.6) is 5.75 Å². The summed E-state index contributed by atoms with van der Waals surface area (Å²) in [6.45, 7) is 0. The zero-order valence-corrected chi connectivity index (χ0v) is 8.78. The molecule has 2 rings (SSSR count). The minimum atomic E-state index is 0.268. The van der Waals surface area contributed by atoms with E-state index in [1.165, 1.54) is 0 Å². The molecular weight excluding hydrogens is 216 g/mol. The van der Waals surface area contributed by atoms with Crippen LogP contribution in [0.25, 0.3) is 11.3 Å². The van der Waals surface area contributed by atoms with Crippen molar-refractivity contribution in [3.63, 3.8) is 0 Å². The number of hydrogen-bond acceptors (Lipinski definition) is 4. The van der Waals surface area contributed by atoms with Crippen LogP contribution < -0.4 is 10.5 Å². The van der Waals surface area contributed by atoms with Crippen LogP contribution in [0.4, 0.5) is 5.88 Å². The van der Waals surface area contributed by atoms with Gasteiger partial charge >= 0.3 is 0 Å². The third kappa shape index (κ3) is 2.05. The molecular formula is C10H9ClN2O2. The number of nitrogen functional groups attached to an aromatic ring is 1. The molecule has 4 nitrogen and oxygen atoms in total. The second kappa shape index (κ2) is 3.82. The van der Waals surface area contributed by atoms with E-state index in [1.807, 2.05) is 6.07 Å². The van der Waals surface area contributed by atoms with Gasteiger partial charge in [-0.1, -0.05) is 16.8 Å². The smallest absolute Gasteiger partial charge is 0.222 e. The molecule has 0 radical (unpaired) electrons. The van der Waals surface area contributed by atoms with Gasteiger partial charge in [0.25, 0.3) is 0 Å². The van der Waals surface area contributed by atoms with Gasteiger partial charge in [-0.3, -0.25) is 0 Å². The van der Waals surface area contributed by atoms with E-state index in [1.54, 1.807) is 25.3 Å². The Labute approximate surface area is 91.6 Å². The Morgan fingerprint density at radius 3 is 2.73 bits per heavy atom. The first kappa shape index (κ1) is 9.86. The van der Waals surface area contributed by atoms with Crippen LogP contribution in [-0.4, -0.2) is 12.3 Å². The molecule has 0 amide bonds. The first-order valence-corrected chi connectivity index (χ1v) is 4.64. The van der Waals surface area contributed by atoms with Crippen molar-refractivity contribution < 1.29 is 9.26 Å². The minimum Gasteiger partial charge on any atom is -0.497 e. The topological polar surface area (TPSA) is 61.3 Å². The fourth-order valence-electron chi connectivity index (χ4n) is 1.25. The first-order chi connectivity index (χ1) is 7.19. The summed E-state index contributed by atoms with van der Waals surface area (Å²) < 4.78 is 9.87. The summed E-state index contributed by atoms with van der Waals surface area (Å²) in [7, 11) is 1.58. The number of hydrogen-bond donors (Lipinski definition) is 1. The van der Waals surface area contributed by atoms with Crippen LogP contribution in [-0.2, 0) is 0 Å². The Hall–Kier alpha value is -1.68. The molecule has 0 aliphatic heterocycles. The molecule has 0 bridgehead atoms. The fraction of sp³-hybridized carbons (Fsp3) is 0.100. The summed E-state index contributed by atoms with van der Waals surface area (Å²) in [6, 6.07) is 6.92. The third-order valence-corrected chi connectivity index (χ3v) is 2.15. The van der Waals surface area contributed by atoms with Gasteiger partial charge in [-0.15, -0.1) is 0 Å². The van der Waals surface area contributed by atoms with Crippen molar-refractivity contribution in [2.75, 3.05) is 12.8 Å². The summed E-state index contributed by atoms with van der Waals surface area (Å²) in [4.78, 5) is 0. The summed E-state index contributed by atoms with van der Waals surface area (Å²) >= 11 is 5.92. The molecule has 0 atom stereocenters. The Morgan fingerprint density at radius 1 is 1.33 bits per heavy atom. The third-order valence-electron chi connectivity index (χ3n) is 1.93. The molecule has 78 valence electrons. The molecule has 0 aliphatic carbocycles. The van der Waals surface area contributed by atoms with Crippen LogP contribution in [0.3, 0.4) is 0 Å². The maximum Gasteiger partial charge on any atom is 0.222 e. The van der Waals surface area contributed by atoms with E-state index < -0.39 is 0 Å². The molecule has 2 aromatic rings. The lowest BCUT2D eigenvalue weighted by molar-refractivity contribution is 0.415. The Morgan fingerprint density at radius 2 is 2.13 bits per heavy atom. The SMILES string of the molecule is COc1cc(Cl)cc(-c2cc(N)on2)c1. The normalized spacial score (nSPS) is 10.3. The zero-order valence-electron chi connectivity index (χ0n) is 8.03. The van der Waals surface area contributed by atoms with Gasteiger partial charge in [0, 0.05) is 16.7 Å². The lowest BCUT2D eigenvalue weighted by Gasteiger charge is -2.02. The van der Waals surface area contributed by atoms with Gasteiger partial charge in [0.05, 0.1) is 7.11 Å². The highest BCUT2D eigenvalue weighted by Crippen LogP contribution is 2.28. The van der Waals surface area contributed by atoms with E-state index in [4.69, 9.17) is 26.6 Å². The molecule has 0 unspecified atom stereocenters. The maximum absolute atomic E-state index is 5.92. The molecule has 1 aromatic carbocycles. The van der Waals surface area contributed by atoms with Crippen molar-refractivity contribution in [3.8, 4) is 17.0 Å². The van der Waals surface area contributed by atoms with Crippen molar-refractivity contribution in [3.05, 3.63) is 29.3 Å². The molecule has 0 aliphatic rings.